The van der Waals surface area contributed by atoms with Crippen LogP contribution in [-0.4, -0.2) is 13.2 Å². The summed E-state index contributed by atoms with van der Waals surface area (Å²) in [5.74, 6) is 0.925. The van der Waals surface area contributed by atoms with Crippen LogP contribution in [0.15, 0.2) is 54.6 Å². The summed E-state index contributed by atoms with van der Waals surface area (Å²) in [6.45, 7) is 5.88. The summed E-state index contributed by atoms with van der Waals surface area (Å²) in [6.07, 6.45) is 1.09. The van der Waals surface area contributed by atoms with Gasteiger partial charge in [-0.15, -0.1) is 0 Å². The number of benzene rings is 2. The fourth-order valence-corrected chi connectivity index (χ4v) is 2.12. The zero-order valence-corrected chi connectivity index (χ0v) is 12.3. The molecule has 0 aliphatic rings. The lowest BCUT2D eigenvalue weighted by Gasteiger charge is -2.15. The van der Waals surface area contributed by atoms with E-state index >= 15 is 0 Å². The van der Waals surface area contributed by atoms with Crippen LogP contribution in [0.5, 0.6) is 5.75 Å². The Labute approximate surface area is 121 Å². The first-order valence-electron chi connectivity index (χ1n) is 7.29. The number of hydrogen-bond donors (Lipinski definition) is 1. The van der Waals surface area contributed by atoms with Gasteiger partial charge < -0.3 is 10.1 Å². The molecule has 2 aromatic rings. The van der Waals surface area contributed by atoms with Crippen molar-refractivity contribution in [2.45, 2.75) is 26.3 Å². The van der Waals surface area contributed by atoms with Crippen molar-refractivity contribution >= 4 is 0 Å². The largest absolute Gasteiger partial charge is 0.492 e. The molecule has 0 bridgehead atoms. The Balaban J connectivity index is 1.73. The van der Waals surface area contributed by atoms with E-state index in [0.717, 1.165) is 18.7 Å². The van der Waals surface area contributed by atoms with Crippen LogP contribution < -0.4 is 10.1 Å². The Morgan fingerprint density at radius 3 is 2.35 bits per heavy atom. The van der Waals surface area contributed by atoms with Crippen LogP contribution in [0.1, 0.15) is 31.0 Å². The fourth-order valence-electron chi connectivity index (χ4n) is 2.12. The van der Waals surface area contributed by atoms with Crippen molar-refractivity contribution in [1.82, 2.24) is 5.32 Å². The quantitative estimate of drug-likeness (QED) is 0.768. The van der Waals surface area contributed by atoms with Crippen LogP contribution in [0.2, 0.25) is 0 Å². The van der Waals surface area contributed by atoms with Gasteiger partial charge in [0.25, 0.3) is 0 Å². The summed E-state index contributed by atoms with van der Waals surface area (Å²) < 4.78 is 5.67. The summed E-state index contributed by atoms with van der Waals surface area (Å²) in [5, 5.41) is 3.48. The lowest BCUT2D eigenvalue weighted by atomic mass is 10.1. The van der Waals surface area contributed by atoms with Crippen LogP contribution in [0.4, 0.5) is 0 Å². The van der Waals surface area contributed by atoms with Crippen LogP contribution in [0.25, 0.3) is 0 Å². The summed E-state index contributed by atoms with van der Waals surface area (Å²) in [6, 6.07) is 19.1. The molecule has 0 spiro atoms. The number of rotatable bonds is 7. The van der Waals surface area contributed by atoms with Crippen LogP contribution in [0.3, 0.4) is 0 Å². The highest BCUT2D eigenvalue weighted by Gasteiger charge is 2.04. The maximum Gasteiger partial charge on any atom is 0.119 e. The minimum absolute atomic E-state index is 0.347. The van der Waals surface area contributed by atoms with Gasteiger partial charge in [0.15, 0.2) is 0 Å². The Hall–Kier alpha value is -1.80. The molecule has 2 heteroatoms. The molecule has 0 radical (unpaired) electrons. The van der Waals surface area contributed by atoms with E-state index in [9.17, 15) is 0 Å². The summed E-state index contributed by atoms with van der Waals surface area (Å²) in [7, 11) is 0. The standard InChI is InChI=1S/C18H23NO/c1-3-16-9-11-17(12-10-16)15(2)19-13-14-20-18-7-5-4-6-8-18/h4-12,15,19H,3,13-14H2,1-2H3. The molecule has 0 saturated carbocycles. The molecule has 1 N–H and O–H groups in total. The molecule has 0 heterocycles. The molecule has 2 nitrogen and oxygen atoms in total. The zero-order valence-electron chi connectivity index (χ0n) is 12.3. The minimum atomic E-state index is 0.347. The number of para-hydroxylation sites is 1. The maximum atomic E-state index is 5.67. The number of aryl methyl sites for hydroxylation is 1. The normalized spacial score (nSPS) is 12.1. The molecule has 2 rings (SSSR count). The Bertz CT molecular complexity index is 493. The Morgan fingerprint density at radius 1 is 1.00 bits per heavy atom. The van der Waals surface area contributed by atoms with E-state index in [2.05, 4.69) is 43.4 Å². The van der Waals surface area contributed by atoms with Gasteiger partial charge in [-0.25, -0.2) is 0 Å². The molecule has 0 saturated heterocycles. The van der Waals surface area contributed by atoms with Crippen molar-refractivity contribution in [2.75, 3.05) is 13.2 Å². The van der Waals surface area contributed by atoms with Gasteiger partial charge in [0.05, 0.1) is 0 Å². The molecule has 2 aromatic carbocycles. The Kier molecular flexibility index (Phi) is 5.63. The third-order valence-electron chi connectivity index (χ3n) is 3.45. The molecule has 0 aliphatic carbocycles. The van der Waals surface area contributed by atoms with Gasteiger partial charge in [0.1, 0.15) is 12.4 Å². The van der Waals surface area contributed by atoms with Gasteiger partial charge in [-0.2, -0.15) is 0 Å². The average Bonchev–Trinajstić information content (AvgIpc) is 2.52. The van der Waals surface area contributed by atoms with Gasteiger partial charge in [-0.05, 0) is 36.6 Å². The predicted molar refractivity (Wildman–Crippen MR) is 84.2 cm³/mol. The van der Waals surface area contributed by atoms with Gasteiger partial charge in [-0.3, -0.25) is 0 Å². The molecule has 0 amide bonds. The highest BCUT2D eigenvalue weighted by molar-refractivity contribution is 5.24. The first kappa shape index (κ1) is 14.6. The zero-order chi connectivity index (χ0) is 14.2. The van der Waals surface area contributed by atoms with Gasteiger partial charge in [-0.1, -0.05) is 49.4 Å². The molecule has 1 unspecified atom stereocenters. The van der Waals surface area contributed by atoms with Crippen molar-refractivity contribution in [1.29, 1.82) is 0 Å². The van der Waals surface area contributed by atoms with Crippen molar-refractivity contribution in [3.8, 4) is 5.75 Å². The Morgan fingerprint density at radius 2 is 1.70 bits per heavy atom. The smallest absolute Gasteiger partial charge is 0.119 e. The summed E-state index contributed by atoms with van der Waals surface area (Å²) in [4.78, 5) is 0. The lowest BCUT2D eigenvalue weighted by molar-refractivity contribution is 0.307. The SMILES string of the molecule is CCc1ccc(C(C)NCCOc2ccccc2)cc1. The molecular weight excluding hydrogens is 246 g/mol. The van der Waals surface area contributed by atoms with Crippen molar-refractivity contribution < 1.29 is 4.74 Å². The topological polar surface area (TPSA) is 21.3 Å². The van der Waals surface area contributed by atoms with Crippen LogP contribution in [-0.2, 0) is 6.42 Å². The molecule has 0 aliphatic heterocycles. The second kappa shape index (κ2) is 7.71. The van der Waals surface area contributed by atoms with Crippen LogP contribution >= 0.6 is 0 Å². The lowest BCUT2D eigenvalue weighted by Crippen LogP contribution is -2.24. The van der Waals surface area contributed by atoms with Crippen molar-refractivity contribution in [2.24, 2.45) is 0 Å². The molecule has 0 fully saturated rings. The summed E-state index contributed by atoms with van der Waals surface area (Å²) in [5.41, 5.74) is 2.70. The third-order valence-corrected chi connectivity index (χ3v) is 3.45. The average molecular weight is 269 g/mol. The van der Waals surface area contributed by atoms with E-state index in [4.69, 9.17) is 4.74 Å². The van der Waals surface area contributed by atoms with Crippen molar-refractivity contribution in [3.05, 3.63) is 65.7 Å². The second-order valence-electron chi connectivity index (χ2n) is 4.93. The first-order chi connectivity index (χ1) is 9.79. The summed E-state index contributed by atoms with van der Waals surface area (Å²) >= 11 is 0. The number of nitrogens with one attached hydrogen (secondary N) is 1. The van der Waals surface area contributed by atoms with E-state index < -0.39 is 0 Å². The second-order valence-corrected chi connectivity index (χ2v) is 4.93. The van der Waals surface area contributed by atoms with Gasteiger partial charge in [0, 0.05) is 12.6 Å². The molecule has 0 aromatic heterocycles. The monoisotopic (exact) mass is 269 g/mol. The predicted octanol–water partition coefficient (Wildman–Crippen LogP) is 3.98. The maximum absolute atomic E-state index is 5.67. The van der Waals surface area contributed by atoms with E-state index in [0.29, 0.717) is 12.6 Å². The van der Waals surface area contributed by atoms with E-state index in [1.54, 1.807) is 0 Å². The minimum Gasteiger partial charge on any atom is -0.492 e. The fraction of sp³-hybridized carbons (Fsp3) is 0.333. The molecule has 106 valence electrons. The van der Waals surface area contributed by atoms with Gasteiger partial charge in [0.2, 0.25) is 0 Å². The molecule has 20 heavy (non-hydrogen) atoms. The van der Waals surface area contributed by atoms with Crippen molar-refractivity contribution in [3.63, 3.8) is 0 Å². The van der Waals surface area contributed by atoms with Crippen LogP contribution in [0, 0.1) is 0 Å². The van der Waals surface area contributed by atoms with E-state index in [-0.39, 0.29) is 0 Å². The third kappa shape index (κ3) is 4.39. The number of ether oxygens (including phenoxy) is 1. The highest BCUT2D eigenvalue weighted by atomic mass is 16.5. The molecule has 1 atom stereocenters. The van der Waals surface area contributed by atoms with E-state index in [1.165, 1.54) is 11.1 Å². The number of hydrogen-bond acceptors (Lipinski definition) is 2. The van der Waals surface area contributed by atoms with Gasteiger partial charge >= 0.3 is 0 Å². The molecular formula is C18H23NO. The van der Waals surface area contributed by atoms with E-state index in [1.807, 2.05) is 30.3 Å². The highest BCUT2D eigenvalue weighted by Crippen LogP contribution is 2.13. The first-order valence-corrected chi connectivity index (χ1v) is 7.29.